The normalized spacial score (nSPS) is 13.1. The molecule has 2 heteroatoms. The van der Waals surface area contributed by atoms with Gasteiger partial charge in [-0.15, -0.1) is 0 Å². The van der Waals surface area contributed by atoms with Crippen LogP contribution in [-0.4, -0.2) is 11.1 Å². The Hall–Kier alpha value is -0.530. The minimum Gasteiger partial charge on any atom is -0.481 e. The highest BCUT2D eigenvalue weighted by molar-refractivity contribution is 5.74. The van der Waals surface area contributed by atoms with Gasteiger partial charge in [-0.1, -0.05) is 118 Å². The topological polar surface area (TPSA) is 37.3 Å². The van der Waals surface area contributed by atoms with Crippen LogP contribution in [0.4, 0.5) is 0 Å². The molecule has 1 N–H and O–H groups in total. The van der Waals surface area contributed by atoms with E-state index in [-0.39, 0.29) is 0 Å². The summed E-state index contributed by atoms with van der Waals surface area (Å²) in [4.78, 5) is 12.2. The van der Waals surface area contributed by atoms with E-state index in [4.69, 9.17) is 0 Å². The van der Waals surface area contributed by atoms with Crippen molar-refractivity contribution in [3.8, 4) is 0 Å². The highest BCUT2D eigenvalue weighted by Gasteiger charge is 2.36. The second-order valence-corrected chi connectivity index (χ2v) is 8.52. The number of rotatable bonds is 19. The molecule has 0 saturated heterocycles. The van der Waals surface area contributed by atoms with Crippen LogP contribution in [0.3, 0.4) is 0 Å². The van der Waals surface area contributed by atoms with Crippen molar-refractivity contribution >= 4 is 5.97 Å². The zero-order valence-electron chi connectivity index (χ0n) is 18.5. The molecule has 0 aliphatic carbocycles. The summed E-state index contributed by atoms with van der Waals surface area (Å²) < 4.78 is 0. The lowest BCUT2D eigenvalue weighted by Crippen LogP contribution is -2.31. The van der Waals surface area contributed by atoms with Crippen LogP contribution >= 0.6 is 0 Å². The standard InChI is InChI=1S/C24H48O2/c1-5-9-12-17-22(8-4)18-13-16-21-24(23(25)26,19-14-10-6-2)20-15-11-7-3/h22H,5-21H2,1-4H3,(H,25,26). The van der Waals surface area contributed by atoms with Crippen LogP contribution in [0.15, 0.2) is 0 Å². The van der Waals surface area contributed by atoms with Gasteiger partial charge in [0, 0.05) is 0 Å². The maximum atomic E-state index is 12.2. The van der Waals surface area contributed by atoms with Crippen LogP contribution in [0.1, 0.15) is 137 Å². The van der Waals surface area contributed by atoms with Crippen molar-refractivity contribution < 1.29 is 9.90 Å². The van der Waals surface area contributed by atoms with E-state index in [2.05, 4.69) is 27.7 Å². The van der Waals surface area contributed by atoms with Crippen molar-refractivity contribution in [2.75, 3.05) is 0 Å². The number of carboxylic acid groups (broad SMARTS) is 1. The predicted octanol–water partition coefficient (Wildman–Crippen LogP) is 8.38. The summed E-state index contributed by atoms with van der Waals surface area (Å²) in [5.74, 6) is 0.320. The van der Waals surface area contributed by atoms with E-state index in [0.29, 0.717) is 0 Å². The molecule has 0 heterocycles. The summed E-state index contributed by atoms with van der Waals surface area (Å²) in [5, 5.41) is 10.0. The zero-order chi connectivity index (χ0) is 19.7. The molecule has 0 amide bonds. The summed E-state index contributed by atoms with van der Waals surface area (Å²) >= 11 is 0. The van der Waals surface area contributed by atoms with Crippen molar-refractivity contribution in [1.29, 1.82) is 0 Å². The number of unbranched alkanes of at least 4 members (excludes halogenated alkanes) is 7. The molecule has 0 fully saturated rings. The molecule has 0 aromatic heterocycles. The minimum absolute atomic E-state index is 0.450. The third-order valence-corrected chi connectivity index (χ3v) is 6.28. The molecule has 156 valence electrons. The first-order valence-electron chi connectivity index (χ1n) is 11.8. The Bertz CT molecular complexity index is 314. The van der Waals surface area contributed by atoms with Gasteiger partial charge in [0.2, 0.25) is 0 Å². The van der Waals surface area contributed by atoms with Crippen LogP contribution in [0, 0.1) is 11.3 Å². The van der Waals surface area contributed by atoms with Crippen molar-refractivity contribution in [1.82, 2.24) is 0 Å². The number of carbonyl (C=O) groups is 1. The van der Waals surface area contributed by atoms with E-state index >= 15 is 0 Å². The maximum absolute atomic E-state index is 12.2. The van der Waals surface area contributed by atoms with Gasteiger partial charge in [-0.2, -0.15) is 0 Å². The summed E-state index contributed by atoms with van der Waals surface area (Å²) in [6.45, 7) is 8.98. The Balaban J connectivity index is 4.51. The van der Waals surface area contributed by atoms with E-state index < -0.39 is 11.4 Å². The first kappa shape index (κ1) is 25.5. The highest BCUT2D eigenvalue weighted by atomic mass is 16.4. The lowest BCUT2D eigenvalue weighted by molar-refractivity contribution is -0.150. The number of hydrogen-bond acceptors (Lipinski definition) is 1. The molecular weight excluding hydrogens is 320 g/mol. The largest absolute Gasteiger partial charge is 0.481 e. The smallest absolute Gasteiger partial charge is 0.309 e. The zero-order valence-corrected chi connectivity index (χ0v) is 18.5. The van der Waals surface area contributed by atoms with Crippen LogP contribution in [0.5, 0.6) is 0 Å². The van der Waals surface area contributed by atoms with E-state index in [1.54, 1.807) is 0 Å². The molecule has 0 rings (SSSR count). The molecule has 2 nitrogen and oxygen atoms in total. The van der Waals surface area contributed by atoms with Crippen LogP contribution in [0.2, 0.25) is 0 Å². The summed E-state index contributed by atoms with van der Waals surface area (Å²) in [6.07, 6.45) is 19.7. The maximum Gasteiger partial charge on any atom is 0.309 e. The van der Waals surface area contributed by atoms with Crippen molar-refractivity contribution in [3.05, 3.63) is 0 Å². The molecule has 0 aliphatic heterocycles. The molecule has 0 aromatic carbocycles. The third kappa shape index (κ3) is 11.2. The molecule has 0 saturated carbocycles. The second-order valence-electron chi connectivity index (χ2n) is 8.52. The van der Waals surface area contributed by atoms with Gasteiger partial charge < -0.3 is 5.11 Å². The fourth-order valence-electron chi connectivity index (χ4n) is 4.25. The number of aliphatic carboxylic acids is 1. The Morgan fingerprint density at radius 3 is 1.46 bits per heavy atom. The Labute approximate surface area is 164 Å². The van der Waals surface area contributed by atoms with Crippen LogP contribution < -0.4 is 0 Å². The SMILES string of the molecule is CCCCCC(CC)CCCCC(CCCCC)(CCCCC)C(=O)O. The average molecular weight is 369 g/mol. The van der Waals surface area contributed by atoms with Gasteiger partial charge in [-0.25, -0.2) is 0 Å². The van der Waals surface area contributed by atoms with E-state index in [1.165, 1.54) is 57.8 Å². The fraction of sp³-hybridized carbons (Fsp3) is 0.958. The van der Waals surface area contributed by atoms with Gasteiger partial charge in [0.1, 0.15) is 0 Å². The number of hydrogen-bond donors (Lipinski definition) is 1. The molecule has 26 heavy (non-hydrogen) atoms. The number of carboxylic acids is 1. The quantitative estimate of drug-likeness (QED) is 0.232. The highest BCUT2D eigenvalue weighted by Crippen LogP contribution is 2.38. The Kier molecular flexibility index (Phi) is 16.3. The Morgan fingerprint density at radius 2 is 1.08 bits per heavy atom. The molecule has 0 aliphatic rings. The average Bonchev–Trinajstić information content (AvgIpc) is 2.63. The van der Waals surface area contributed by atoms with E-state index in [0.717, 1.165) is 57.3 Å². The lowest BCUT2D eigenvalue weighted by Gasteiger charge is -2.30. The van der Waals surface area contributed by atoms with Gasteiger partial charge in [0.15, 0.2) is 0 Å². The second kappa shape index (κ2) is 16.6. The molecule has 1 unspecified atom stereocenters. The predicted molar refractivity (Wildman–Crippen MR) is 115 cm³/mol. The van der Waals surface area contributed by atoms with Gasteiger partial charge >= 0.3 is 5.97 Å². The van der Waals surface area contributed by atoms with Gasteiger partial charge in [-0.3, -0.25) is 4.79 Å². The van der Waals surface area contributed by atoms with Crippen molar-refractivity contribution in [2.45, 2.75) is 137 Å². The summed E-state index contributed by atoms with van der Waals surface area (Å²) in [5.41, 5.74) is -0.450. The molecule has 0 radical (unpaired) electrons. The van der Waals surface area contributed by atoms with Crippen molar-refractivity contribution in [3.63, 3.8) is 0 Å². The summed E-state index contributed by atoms with van der Waals surface area (Å²) in [6, 6.07) is 0. The summed E-state index contributed by atoms with van der Waals surface area (Å²) in [7, 11) is 0. The van der Waals surface area contributed by atoms with Crippen molar-refractivity contribution in [2.24, 2.45) is 11.3 Å². The van der Waals surface area contributed by atoms with Gasteiger partial charge in [0.25, 0.3) is 0 Å². The van der Waals surface area contributed by atoms with Crippen LogP contribution in [-0.2, 0) is 4.79 Å². The molecule has 0 aromatic rings. The molecule has 0 spiro atoms. The minimum atomic E-state index is -0.528. The third-order valence-electron chi connectivity index (χ3n) is 6.28. The molecule has 1 atom stereocenters. The lowest BCUT2D eigenvalue weighted by atomic mass is 9.74. The van der Waals surface area contributed by atoms with Crippen LogP contribution in [0.25, 0.3) is 0 Å². The first-order valence-corrected chi connectivity index (χ1v) is 11.8. The van der Waals surface area contributed by atoms with Gasteiger partial charge in [0.05, 0.1) is 5.41 Å². The monoisotopic (exact) mass is 368 g/mol. The first-order chi connectivity index (χ1) is 12.6. The van der Waals surface area contributed by atoms with E-state index in [1.807, 2.05) is 0 Å². The molecular formula is C24H48O2. The Morgan fingerprint density at radius 1 is 0.692 bits per heavy atom. The fourth-order valence-corrected chi connectivity index (χ4v) is 4.25. The molecule has 0 bridgehead atoms. The van der Waals surface area contributed by atoms with E-state index in [9.17, 15) is 9.90 Å². The van der Waals surface area contributed by atoms with Gasteiger partial charge in [-0.05, 0) is 25.2 Å².